The summed E-state index contributed by atoms with van der Waals surface area (Å²) in [5, 5.41) is 0.552. The molecule has 1 aliphatic carbocycles. The van der Waals surface area contributed by atoms with E-state index in [9.17, 15) is 4.79 Å². The van der Waals surface area contributed by atoms with E-state index < -0.39 is 5.60 Å². The van der Waals surface area contributed by atoms with Gasteiger partial charge in [0.05, 0.1) is 5.02 Å². The Morgan fingerprint density at radius 2 is 2.20 bits per heavy atom. The molecule has 3 nitrogen and oxygen atoms in total. The van der Waals surface area contributed by atoms with E-state index in [0.717, 1.165) is 31.2 Å². The van der Waals surface area contributed by atoms with Gasteiger partial charge in [0.15, 0.2) is 5.78 Å². The number of hydrogen-bond acceptors (Lipinski definition) is 3. The van der Waals surface area contributed by atoms with E-state index in [1.807, 2.05) is 13.0 Å². The molecule has 0 atom stereocenters. The van der Waals surface area contributed by atoms with Crippen molar-refractivity contribution in [1.29, 1.82) is 0 Å². The lowest BCUT2D eigenvalue weighted by Crippen LogP contribution is -2.45. The first kappa shape index (κ1) is 15.5. The van der Waals surface area contributed by atoms with Crippen LogP contribution >= 0.6 is 11.6 Å². The zero-order valence-electron chi connectivity index (χ0n) is 12.2. The molecule has 0 amide bonds. The second-order valence-electron chi connectivity index (χ2n) is 5.68. The van der Waals surface area contributed by atoms with Gasteiger partial charge in [-0.2, -0.15) is 0 Å². The van der Waals surface area contributed by atoms with Crippen LogP contribution in [0.1, 0.15) is 45.1 Å². The van der Waals surface area contributed by atoms with Crippen LogP contribution in [0.5, 0.6) is 0 Å². The summed E-state index contributed by atoms with van der Waals surface area (Å²) in [6, 6.07) is 1.81. The van der Waals surface area contributed by atoms with Gasteiger partial charge in [0.1, 0.15) is 5.60 Å². The molecule has 0 saturated heterocycles. The fourth-order valence-electron chi connectivity index (χ4n) is 2.89. The molecule has 2 rings (SSSR count). The Labute approximate surface area is 125 Å². The first-order chi connectivity index (χ1) is 9.57. The van der Waals surface area contributed by atoms with Gasteiger partial charge in [0.2, 0.25) is 0 Å². The molecule has 1 heterocycles. The molecule has 20 heavy (non-hydrogen) atoms. The normalized spacial score (nSPS) is 26.4. The third-order valence-electron chi connectivity index (χ3n) is 4.22. The molecule has 0 aromatic carbocycles. The number of pyridine rings is 1. The monoisotopic (exact) mass is 295 g/mol. The first-order valence-corrected chi connectivity index (χ1v) is 7.71. The molecule has 0 radical (unpaired) electrons. The van der Waals surface area contributed by atoms with Gasteiger partial charge in [-0.1, -0.05) is 18.5 Å². The molecule has 1 aromatic rings. The van der Waals surface area contributed by atoms with Crippen LogP contribution in [0, 0.1) is 5.92 Å². The average molecular weight is 296 g/mol. The minimum absolute atomic E-state index is 0.152. The number of aromatic nitrogens is 1. The maximum absolute atomic E-state index is 12.7. The number of halogens is 1. The minimum Gasteiger partial charge on any atom is -0.367 e. The number of carbonyl (C=O) groups is 1. The Balaban J connectivity index is 2.13. The molecular weight excluding hydrogens is 274 g/mol. The van der Waals surface area contributed by atoms with E-state index in [1.54, 1.807) is 12.4 Å². The van der Waals surface area contributed by atoms with E-state index in [4.69, 9.17) is 16.3 Å². The van der Waals surface area contributed by atoms with E-state index >= 15 is 0 Å². The summed E-state index contributed by atoms with van der Waals surface area (Å²) in [5.74, 6) is 0.834. The second-order valence-corrected chi connectivity index (χ2v) is 6.08. The lowest BCUT2D eigenvalue weighted by atomic mass is 9.76. The Morgan fingerprint density at radius 3 is 2.80 bits per heavy atom. The topological polar surface area (TPSA) is 39.2 Å². The van der Waals surface area contributed by atoms with Gasteiger partial charge in [-0.25, -0.2) is 0 Å². The van der Waals surface area contributed by atoms with Gasteiger partial charge in [-0.15, -0.1) is 0 Å². The summed E-state index contributed by atoms with van der Waals surface area (Å²) < 4.78 is 5.88. The molecule has 0 unspecified atom stereocenters. The zero-order valence-corrected chi connectivity index (χ0v) is 12.9. The Morgan fingerprint density at radius 1 is 1.50 bits per heavy atom. The van der Waals surface area contributed by atoms with Crippen molar-refractivity contribution >= 4 is 17.4 Å². The minimum atomic E-state index is -0.603. The van der Waals surface area contributed by atoms with Gasteiger partial charge in [0, 0.05) is 25.4 Å². The van der Waals surface area contributed by atoms with Crippen molar-refractivity contribution in [2.45, 2.75) is 51.6 Å². The quantitative estimate of drug-likeness (QED) is 0.828. The van der Waals surface area contributed by atoms with Crippen LogP contribution < -0.4 is 0 Å². The number of Topliss-reactive ketones (excluding diaryl/α,β-unsaturated/α-hetero) is 1. The summed E-state index contributed by atoms with van der Waals surface area (Å²) in [6.07, 6.45) is 7.33. The SMILES string of the molecule is CCOC1(C(=O)Cc2ccncc2Cl)CCC(C)CC1. The van der Waals surface area contributed by atoms with Crippen LogP contribution in [0.2, 0.25) is 5.02 Å². The van der Waals surface area contributed by atoms with Crippen molar-refractivity contribution in [3.63, 3.8) is 0 Å². The van der Waals surface area contributed by atoms with Crippen LogP contribution in [-0.4, -0.2) is 23.0 Å². The Hall–Kier alpha value is -0.930. The molecule has 0 aliphatic heterocycles. The summed E-state index contributed by atoms with van der Waals surface area (Å²) >= 11 is 6.10. The maximum atomic E-state index is 12.7. The number of ketones is 1. The maximum Gasteiger partial charge on any atom is 0.169 e. The second kappa shape index (κ2) is 6.68. The van der Waals surface area contributed by atoms with Gasteiger partial charge < -0.3 is 4.74 Å². The van der Waals surface area contributed by atoms with E-state index in [1.165, 1.54) is 0 Å². The van der Waals surface area contributed by atoms with Gasteiger partial charge >= 0.3 is 0 Å². The summed E-state index contributed by atoms with van der Waals surface area (Å²) in [4.78, 5) is 16.7. The number of ether oxygens (including phenoxy) is 1. The fraction of sp³-hybridized carbons (Fsp3) is 0.625. The van der Waals surface area contributed by atoms with Crippen LogP contribution in [0.4, 0.5) is 0 Å². The smallest absolute Gasteiger partial charge is 0.169 e. The van der Waals surface area contributed by atoms with Crippen LogP contribution in [-0.2, 0) is 16.0 Å². The van der Waals surface area contributed by atoms with Crippen LogP contribution in [0.3, 0.4) is 0 Å². The molecular formula is C16H22ClNO2. The largest absolute Gasteiger partial charge is 0.367 e. The standard InChI is InChI=1S/C16H22ClNO2/c1-3-20-16(7-4-12(2)5-8-16)15(19)10-13-6-9-18-11-14(13)17/h6,9,11-12H,3-5,7-8,10H2,1-2H3. The molecule has 0 N–H and O–H groups in total. The predicted molar refractivity (Wildman–Crippen MR) is 79.9 cm³/mol. The lowest BCUT2D eigenvalue weighted by Gasteiger charge is -2.38. The fourth-order valence-corrected chi connectivity index (χ4v) is 3.08. The van der Waals surface area contributed by atoms with Gasteiger partial charge in [0.25, 0.3) is 0 Å². The van der Waals surface area contributed by atoms with E-state index in [-0.39, 0.29) is 5.78 Å². The molecule has 1 fully saturated rings. The number of nitrogens with zero attached hydrogens (tertiary/aromatic N) is 1. The van der Waals surface area contributed by atoms with Crippen molar-refractivity contribution in [3.05, 3.63) is 29.0 Å². The molecule has 0 spiro atoms. The zero-order chi connectivity index (χ0) is 14.6. The summed E-state index contributed by atoms with van der Waals surface area (Å²) in [6.45, 7) is 4.76. The molecule has 4 heteroatoms. The Kier molecular flexibility index (Phi) is 5.17. The third kappa shape index (κ3) is 3.39. The number of carbonyl (C=O) groups excluding carboxylic acids is 1. The first-order valence-electron chi connectivity index (χ1n) is 7.33. The van der Waals surface area contributed by atoms with Crippen LogP contribution in [0.15, 0.2) is 18.5 Å². The van der Waals surface area contributed by atoms with Crippen molar-refractivity contribution < 1.29 is 9.53 Å². The van der Waals surface area contributed by atoms with Gasteiger partial charge in [-0.3, -0.25) is 9.78 Å². The molecule has 0 bridgehead atoms. The highest BCUT2D eigenvalue weighted by Crippen LogP contribution is 2.36. The van der Waals surface area contributed by atoms with Crippen molar-refractivity contribution in [2.24, 2.45) is 5.92 Å². The van der Waals surface area contributed by atoms with Gasteiger partial charge in [-0.05, 0) is 50.2 Å². The Bertz CT molecular complexity index is 467. The lowest BCUT2D eigenvalue weighted by molar-refractivity contribution is -0.149. The average Bonchev–Trinajstić information content (AvgIpc) is 2.44. The number of hydrogen-bond donors (Lipinski definition) is 0. The number of rotatable bonds is 5. The third-order valence-corrected chi connectivity index (χ3v) is 4.56. The van der Waals surface area contributed by atoms with Crippen molar-refractivity contribution in [2.75, 3.05) is 6.61 Å². The molecule has 1 aromatic heterocycles. The molecule has 1 saturated carbocycles. The van der Waals surface area contributed by atoms with Crippen LogP contribution in [0.25, 0.3) is 0 Å². The summed E-state index contributed by atoms with van der Waals surface area (Å²) in [5.41, 5.74) is 0.234. The molecule has 1 aliphatic rings. The predicted octanol–water partition coefficient (Wildman–Crippen LogP) is 3.83. The highest BCUT2D eigenvalue weighted by atomic mass is 35.5. The van der Waals surface area contributed by atoms with E-state index in [2.05, 4.69) is 11.9 Å². The van der Waals surface area contributed by atoms with Crippen molar-refractivity contribution in [3.8, 4) is 0 Å². The summed E-state index contributed by atoms with van der Waals surface area (Å²) in [7, 11) is 0. The molecule has 110 valence electrons. The highest BCUT2D eigenvalue weighted by Gasteiger charge is 2.41. The van der Waals surface area contributed by atoms with Crippen molar-refractivity contribution in [1.82, 2.24) is 4.98 Å². The van der Waals surface area contributed by atoms with E-state index in [0.29, 0.717) is 24.0 Å². The highest BCUT2D eigenvalue weighted by molar-refractivity contribution is 6.31.